The maximum atomic E-state index is 13.0. The van der Waals surface area contributed by atoms with Gasteiger partial charge in [-0.2, -0.15) is 4.31 Å². The predicted molar refractivity (Wildman–Crippen MR) is 109 cm³/mol. The molecule has 0 unspecified atom stereocenters. The molecular formula is C20H30N2O6S. The first kappa shape index (κ1) is 23.2. The first-order valence-electron chi connectivity index (χ1n) is 9.75. The van der Waals surface area contributed by atoms with Crippen LogP contribution in [0.25, 0.3) is 0 Å². The standard InChI is InChI=1S/C20H30N2O6S/c1-5-27-16-9-8-15(12-17(16)29(25,26)22-10-6-7-11-22)21-18(23)14-28-19(24)13-20(2,3)4/h8-9,12H,5-7,10-11,13-14H2,1-4H3,(H,21,23). The molecule has 1 N–H and O–H groups in total. The molecule has 0 aliphatic carbocycles. The molecule has 1 aromatic rings. The Morgan fingerprint density at radius 1 is 1.17 bits per heavy atom. The van der Waals surface area contributed by atoms with Gasteiger partial charge in [0.25, 0.3) is 5.91 Å². The molecule has 1 aliphatic rings. The Labute approximate surface area is 172 Å². The van der Waals surface area contributed by atoms with E-state index in [1.54, 1.807) is 13.0 Å². The smallest absolute Gasteiger partial charge is 0.306 e. The first-order valence-corrected chi connectivity index (χ1v) is 11.2. The van der Waals surface area contributed by atoms with Crippen molar-refractivity contribution in [3.05, 3.63) is 18.2 Å². The monoisotopic (exact) mass is 426 g/mol. The van der Waals surface area contributed by atoms with Crippen molar-refractivity contribution in [1.82, 2.24) is 4.31 Å². The van der Waals surface area contributed by atoms with Gasteiger partial charge in [-0.3, -0.25) is 9.59 Å². The van der Waals surface area contributed by atoms with Crippen molar-refractivity contribution in [3.8, 4) is 5.75 Å². The van der Waals surface area contributed by atoms with E-state index in [1.807, 2.05) is 20.8 Å². The molecule has 0 spiro atoms. The number of benzene rings is 1. The van der Waals surface area contributed by atoms with E-state index in [1.165, 1.54) is 16.4 Å². The van der Waals surface area contributed by atoms with Crippen LogP contribution in [0.3, 0.4) is 0 Å². The lowest BCUT2D eigenvalue weighted by Gasteiger charge is -2.19. The fourth-order valence-electron chi connectivity index (χ4n) is 2.96. The highest BCUT2D eigenvalue weighted by Gasteiger charge is 2.30. The van der Waals surface area contributed by atoms with Crippen molar-refractivity contribution >= 4 is 27.6 Å². The van der Waals surface area contributed by atoms with Crippen LogP contribution in [0.15, 0.2) is 23.1 Å². The van der Waals surface area contributed by atoms with Gasteiger partial charge in [-0.05, 0) is 43.4 Å². The van der Waals surface area contributed by atoms with Gasteiger partial charge in [0, 0.05) is 18.8 Å². The number of sulfonamides is 1. The lowest BCUT2D eigenvalue weighted by atomic mass is 9.92. The van der Waals surface area contributed by atoms with E-state index in [-0.39, 0.29) is 22.5 Å². The zero-order chi connectivity index (χ0) is 21.7. The average molecular weight is 427 g/mol. The van der Waals surface area contributed by atoms with Crippen molar-refractivity contribution in [2.75, 3.05) is 31.6 Å². The molecule has 1 aromatic carbocycles. The Kier molecular flexibility index (Phi) is 7.65. The van der Waals surface area contributed by atoms with Crippen LogP contribution < -0.4 is 10.1 Å². The molecule has 1 amide bonds. The van der Waals surface area contributed by atoms with Gasteiger partial charge in [-0.15, -0.1) is 0 Å². The summed E-state index contributed by atoms with van der Waals surface area (Å²) >= 11 is 0. The second kappa shape index (κ2) is 9.58. The van der Waals surface area contributed by atoms with Gasteiger partial charge in [0.15, 0.2) is 6.61 Å². The van der Waals surface area contributed by atoms with Gasteiger partial charge in [-0.25, -0.2) is 8.42 Å². The number of ether oxygens (including phenoxy) is 2. The zero-order valence-corrected chi connectivity index (χ0v) is 18.3. The number of anilines is 1. The minimum Gasteiger partial charge on any atom is -0.492 e. The predicted octanol–water partition coefficient (Wildman–Crippen LogP) is 2.79. The summed E-state index contributed by atoms with van der Waals surface area (Å²) in [7, 11) is -3.72. The van der Waals surface area contributed by atoms with E-state index in [9.17, 15) is 18.0 Å². The van der Waals surface area contributed by atoms with Crippen molar-refractivity contribution in [2.24, 2.45) is 5.41 Å². The average Bonchev–Trinajstić information content (AvgIpc) is 3.15. The van der Waals surface area contributed by atoms with Gasteiger partial charge in [0.1, 0.15) is 10.6 Å². The number of hydrogen-bond donors (Lipinski definition) is 1. The Hall–Kier alpha value is -2.13. The molecule has 8 nitrogen and oxygen atoms in total. The number of amides is 1. The molecule has 1 fully saturated rings. The number of esters is 1. The van der Waals surface area contributed by atoms with Gasteiger partial charge in [-0.1, -0.05) is 20.8 Å². The molecule has 0 radical (unpaired) electrons. The third-order valence-corrected chi connectivity index (χ3v) is 6.17. The third kappa shape index (κ3) is 6.71. The van der Waals surface area contributed by atoms with E-state index >= 15 is 0 Å². The van der Waals surface area contributed by atoms with Crippen LogP contribution in [0, 0.1) is 5.41 Å². The summed E-state index contributed by atoms with van der Waals surface area (Å²) in [6, 6.07) is 4.46. The lowest BCUT2D eigenvalue weighted by molar-refractivity contribution is -0.149. The molecule has 1 saturated heterocycles. The summed E-state index contributed by atoms with van der Waals surface area (Å²) in [4.78, 5) is 23.9. The summed E-state index contributed by atoms with van der Waals surface area (Å²) in [5.74, 6) is -0.758. The third-order valence-electron chi connectivity index (χ3n) is 4.25. The summed E-state index contributed by atoms with van der Waals surface area (Å²) in [5, 5.41) is 2.58. The molecule has 162 valence electrons. The zero-order valence-electron chi connectivity index (χ0n) is 17.5. The van der Waals surface area contributed by atoms with Crippen molar-refractivity contribution in [1.29, 1.82) is 0 Å². The highest BCUT2D eigenvalue weighted by Crippen LogP contribution is 2.31. The van der Waals surface area contributed by atoms with E-state index in [0.717, 1.165) is 12.8 Å². The summed E-state index contributed by atoms with van der Waals surface area (Å²) in [6.45, 7) is 8.29. The van der Waals surface area contributed by atoms with Crippen LogP contribution in [0.2, 0.25) is 0 Å². The van der Waals surface area contributed by atoms with Crippen LogP contribution >= 0.6 is 0 Å². The maximum absolute atomic E-state index is 13.0. The molecule has 0 aromatic heterocycles. The molecule has 1 heterocycles. The minimum absolute atomic E-state index is 0.0174. The molecule has 2 rings (SSSR count). The van der Waals surface area contributed by atoms with E-state index in [2.05, 4.69) is 5.32 Å². The largest absolute Gasteiger partial charge is 0.492 e. The number of hydrogen-bond acceptors (Lipinski definition) is 6. The molecule has 0 atom stereocenters. The van der Waals surface area contributed by atoms with Crippen molar-refractivity contribution in [3.63, 3.8) is 0 Å². The van der Waals surface area contributed by atoms with Crippen LogP contribution in [-0.4, -0.2) is 50.9 Å². The topological polar surface area (TPSA) is 102 Å². The summed E-state index contributed by atoms with van der Waals surface area (Å²) in [6.07, 6.45) is 1.83. The fourth-order valence-corrected chi connectivity index (χ4v) is 4.63. The summed E-state index contributed by atoms with van der Waals surface area (Å²) in [5.41, 5.74) is 0.0599. The van der Waals surface area contributed by atoms with Crippen LogP contribution in [-0.2, 0) is 24.3 Å². The van der Waals surface area contributed by atoms with Gasteiger partial charge in [0.2, 0.25) is 10.0 Å². The number of carbonyl (C=O) groups excluding carboxylic acids is 2. The Balaban J connectivity index is 2.11. The van der Waals surface area contributed by atoms with Crippen molar-refractivity contribution in [2.45, 2.75) is 51.9 Å². The second-order valence-electron chi connectivity index (χ2n) is 8.15. The SMILES string of the molecule is CCOc1ccc(NC(=O)COC(=O)CC(C)(C)C)cc1S(=O)(=O)N1CCCC1. The number of nitrogens with zero attached hydrogens (tertiary/aromatic N) is 1. The maximum Gasteiger partial charge on any atom is 0.306 e. The molecule has 1 aliphatic heterocycles. The molecule has 0 bridgehead atoms. The molecule has 9 heteroatoms. The highest BCUT2D eigenvalue weighted by molar-refractivity contribution is 7.89. The van der Waals surface area contributed by atoms with E-state index in [4.69, 9.17) is 9.47 Å². The van der Waals surface area contributed by atoms with Gasteiger partial charge in [0.05, 0.1) is 13.0 Å². The van der Waals surface area contributed by atoms with E-state index < -0.39 is 28.5 Å². The first-order chi connectivity index (χ1) is 13.5. The van der Waals surface area contributed by atoms with E-state index in [0.29, 0.717) is 25.4 Å². The Morgan fingerprint density at radius 2 is 1.83 bits per heavy atom. The molecular weight excluding hydrogens is 396 g/mol. The summed E-state index contributed by atoms with van der Waals surface area (Å²) < 4.78 is 37.9. The number of carbonyl (C=O) groups is 2. The van der Waals surface area contributed by atoms with Crippen LogP contribution in [0.5, 0.6) is 5.75 Å². The normalized spacial score (nSPS) is 15.2. The van der Waals surface area contributed by atoms with Crippen LogP contribution in [0.4, 0.5) is 5.69 Å². The lowest BCUT2D eigenvalue weighted by Crippen LogP contribution is -2.28. The minimum atomic E-state index is -3.72. The quantitative estimate of drug-likeness (QED) is 0.642. The van der Waals surface area contributed by atoms with Gasteiger partial charge >= 0.3 is 5.97 Å². The fraction of sp³-hybridized carbons (Fsp3) is 0.600. The Bertz CT molecular complexity index is 839. The van der Waals surface area contributed by atoms with Crippen LogP contribution in [0.1, 0.15) is 47.0 Å². The number of nitrogens with one attached hydrogen (secondary N) is 1. The van der Waals surface area contributed by atoms with Crippen molar-refractivity contribution < 1.29 is 27.5 Å². The molecule has 29 heavy (non-hydrogen) atoms. The molecule has 0 saturated carbocycles. The Morgan fingerprint density at radius 3 is 2.41 bits per heavy atom. The van der Waals surface area contributed by atoms with Gasteiger partial charge < -0.3 is 14.8 Å². The number of rotatable bonds is 8. The second-order valence-corrected chi connectivity index (χ2v) is 10.1. The highest BCUT2D eigenvalue weighted by atomic mass is 32.2.